The molecule has 0 aliphatic rings. The molecular formula is C10H16O3S2. The molecule has 0 aromatic carbocycles. The monoisotopic (exact) mass is 248 g/mol. The van der Waals surface area contributed by atoms with Crippen LogP contribution in [0.25, 0.3) is 0 Å². The highest BCUT2D eigenvalue weighted by Crippen LogP contribution is 2.27. The molecular weight excluding hydrogens is 232 g/mol. The van der Waals surface area contributed by atoms with Crippen LogP contribution in [-0.2, 0) is 16.3 Å². The van der Waals surface area contributed by atoms with Gasteiger partial charge in [0.15, 0.2) is 0 Å². The minimum Gasteiger partial charge on any atom is -0.388 e. The molecule has 1 heterocycles. The van der Waals surface area contributed by atoms with E-state index in [9.17, 15) is 13.5 Å². The van der Waals surface area contributed by atoms with Crippen molar-refractivity contribution in [3.05, 3.63) is 21.9 Å². The van der Waals surface area contributed by atoms with Crippen molar-refractivity contribution in [3.8, 4) is 0 Å². The highest BCUT2D eigenvalue weighted by atomic mass is 32.2. The molecule has 0 bridgehead atoms. The molecule has 1 unspecified atom stereocenters. The first-order chi connectivity index (χ1) is 6.94. The van der Waals surface area contributed by atoms with Gasteiger partial charge in [-0.15, -0.1) is 11.3 Å². The van der Waals surface area contributed by atoms with Crippen molar-refractivity contribution < 1.29 is 13.5 Å². The van der Waals surface area contributed by atoms with Gasteiger partial charge in [-0.1, -0.05) is 6.92 Å². The number of thiophene rings is 1. The van der Waals surface area contributed by atoms with Crippen LogP contribution in [0.4, 0.5) is 0 Å². The van der Waals surface area contributed by atoms with E-state index in [1.165, 1.54) is 17.6 Å². The molecule has 0 spiro atoms. The number of rotatable bonds is 5. The van der Waals surface area contributed by atoms with Gasteiger partial charge < -0.3 is 5.11 Å². The summed E-state index contributed by atoms with van der Waals surface area (Å²) < 4.78 is 21.9. The smallest absolute Gasteiger partial charge is 0.147 e. The normalized spacial score (nSPS) is 14.1. The predicted octanol–water partition coefficient (Wildman–Crippen LogP) is 1.78. The van der Waals surface area contributed by atoms with Crippen LogP contribution in [0.1, 0.15) is 29.9 Å². The Labute approximate surface area is 94.7 Å². The molecule has 0 radical (unpaired) electrons. The molecule has 1 aromatic rings. The number of sulfone groups is 1. The molecule has 1 aromatic heterocycles. The van der Waals surface area contributed by atoms with Crippen molar-refractivity contribution in [2.75, 3.05) is 12.0 Å². The summed E-state index contributed by atoms with van der Waals surface area (Å²) in [6, 6.07) is 1.98. The van der Waals surface area contributed by atoms with Gasteiger partial charge in [0.2, 0.25) is 0 Å². The number of aliphatic hydroxyl groups excluding tert-OH is 1. The first kappa shape index (κ1) is 12.7. The topological polar surface area (TPSA) is 54.4 Å². The molecule has 3 nitrogen and oxygen atoms in total. The van der Waals surface area contributed by atoms with E-state index in [2.05, 4.69) is 0 Å². The summed E-state index contributed by atoms with van der Waals surface area (Å²) in [5, 5.41) is 11.8. The minimum atomic E-state index is -2.99. The van der Waals surface area contributed by atoms with Gasteiger partial charge in [0.05, 0.1) is 11.9 Å². The van der Waals surface area contributed by atoms with E-state index in [0.717, 1.165) is 16.9 Å². The van der Waals surface area contributed by atoms with Crippen LogP contribution >= 0.6 is 11.3 Å². The summed E-state index contributed by atoms with van der Waals surface area (Å²) in [5.74, 6) is 0.0369. The van der Waals surface area contributed by atoms with Crippen LogP contribution in [0, 0.1) is 0 Å². The quantitative estimate of drug-likeness (QED) is 0.864. The Morgan fingerprint density at radius 1 is 1.53 bits per heavy atom. The second kappa shape index (κ2) is 5.09. The zero-order valence-corrected chi connectivity index (χ0v) is 10.6. The lowest BCUT2D eigenvalue weighted by atomic mass is 10.1. The predicted molar refractivity (Wildman–Crippen MR) is 63.0 cm³/mol. The Morgan fingerprint density at radius 2 is 2.20 bits per heavy atom. The Bertz CT molecular complexity index is 406. The van der Waals surface area contributed by atoms with Gasteiger partial charge in [-0.25, -0.2) is 8.42 Å². The van der Waals surface area contributed by atoms with Crippen LogP contribution < -0.4 is 0 Å². The van der Waals surface area contributed by atoms with Gasteiger partial charge >= 0.3 is 0 Å². The molecule has 0 fully saturated rings. The maximum Gasteiger partial charge on any atom is 0.147 e. The number of aryl methyl sites for hydroxylation is 1. The summed E-state index contributed by atoms with van der Waals surface area (Å²) >= 11 is 1.49. The van der Waals surface area contributed by atoms with Crippen molar-refractivity contribution in [2.45, 2.75) is 25.9 Å². The lowest BCUT2D eigenvalue weighted by molar-refractivity contribution is 0.177. The molecule has 0 aliphatic heterocycles. The average Bonchev–Trinajstić information content (AvgIpc) is 2.60. The summed E-state index contributed by atoms with van der Waals surface area (Å²) in [5.41, 5.74) is 1.11. The number of hydrogen-bond acceptors (Lipinski definition) is 4. The van der Waals surface area contributed by atoms with E-state index in [4.69, 9.17) is 0 Å². The summed E-state index contributed by atoms with van der Waals surface area (Å²) in [7, 11) is -2.99. The van der Waals surface area contributed by atoms with Gasteiger partial charge in [-0.3, -0.25) is 0 Å². The lowest BCUT2D eigenvalue weighted by Gasteiger charge is -2.09. The molecule has 86 valence electrons. The van der Waals surface area contributed by atoms with Gasteiger partial charge in [-0.05, 0) is 29.9 Å². The molecule has 0 amide bonds. The first-order valence-electron chi connectivity index (χ1n) is 4.86. The fourth-order valence-corrected chi connectivity index (χ4v) is 3.06. The highest BCUT2D eigenvalue weighted by molar-refractivity contribution is 7.90. The largest absolute Gasteiger partial charge is 0.388 e. The molecule has 1 N–H and O–H groups in total. The zero-order chi connectivity index (χ0) is 11.5. The van der Waals surface area contributed by atoms with Crippen LogP contribution in [0.5, 0.6) is 0 Å². The molecule has 1 atom stereocenters. The Kier molecular flexibility index (Phi) is 4.31. The van der Waals surface area contributed by atoms with Crippen LogP contribution in [0.3, 0.4) is 0 Å². The molecule has 1 rings (SSSR count). The van der Waals surface area contributed by atoms with E-state index in [1.54, 1.807) is 0 Å². The van der Waals surface area contributed by atoms with Crippen molar-refractivity contribution in [1.82, 2.24) is 0 Å². The van der Waals surface area contributed by atoms with Crippen molar-refractivity contribution in [2.24, 2.45) is 0 Å². The van der Waals surface area contributed by atoms with E-state index >= 15 is 0 Å². The summed E-state index contributed by atoms with van der Waals surface area (Å²) in [4.78, 5) is 0.904. The summed E-state index contributed by atoms with van der Waals surface area (Å²) in [6.07, 6.45) is 1.70. The molecule has 15 heavy (non-hydrogen) atoms. The van der Waals surface area contributed by atoms with Gasteiger partial charge in [-0.2, -0.15) is 0 Å². The van der Waals surface area contributed by atoms with Crippen molar-refractivity contribution in [3.63, 3.8) is 0 Å². The van der Waals surface area contributed by atoms with Crippen molar-refractivity contribution in [1.29, 1.82) is 0 Å². The van der Waals surface area contributed by atoms with E-state index in [-0.39, 0.29) is 12.2 Å². The molecule has 0 saturated carbocycles. The zero-order valence-electron chi connectivity index (χ0n) is 8.93. The van der Waals surface area contributed by atoms with E-state index in [0.29, 0.717) is 0 Å². The fourth-order valence-electron chi connectivity index (χ4n) is 1.39. The standard InChI is InChI=1S/C10H16O3S2/c1-3-8-4-6-14-10(8)9(11)5-7-15(2,12)13/h4,6,9,11H,3,5,7H2,1-2H3. The van der Waals surface area contributed by atoms with Crippen LogP contribution in [0.15, 0.2) is 11.4 Å². The highest BCUT2D eigenvalue weighted by Gasteiger charge is 2.15. The second-order valence-corrected chi connectivity index (χ2v) is 6.81. The Hall–Kier alpha value is -0.390. The Balaban J connectivity index is 2.65. The van der Waals surface area contributed by atoms with Crippen LogP contribution in [0.2, 0.25) is 0 Å². The van der Waals surface area contributed by atoms with E-state index < -0.39 is 15.9 Å². The van der Waals surface area contributed by atoms with Gasteiger partial charge in [0.1, 0.15) is 9.84 Å². The van der Waals surface area contributed by atoms with Crippen LogP contribution in [-0.4, -0.2) is 25.5 Å². The maximum absolute atomic E-state index is 11.0. The third-order valence-corrected chi connectivity index (χ3v) is 4.26. The fraction of sp³-hybridized carbons (Fsp3) is 0.600. The lowest BCUT2D eigenvalue weighted by Crippen LogP contribution is -2.08. The Morgan fingerprint density at radius 3 is 2.73 bits per heavy atom. The maximum atomic E-state index is 11.0. The average molecular weight is 248 g/mol. The van der Waals surface area contributed by atoms with Gasteiger partial charge in [0, 0.05) is 11.1 Å². The summed E-state index contributed by atoms with van der Waals surface area (Å²) in [6.45, 7) is 2.02. The molecule has 5 heteroatoms. The minimum absolute atomic E-state index is 0.0369. The SMILES string of the molecule is CCc1ccsc1C(O)CCS(C)(=O)=O. The van der Waals surface area contributed by atoms with Gasteiger partial charge in [0.25, 0.3) is 0 Å². The third-order valence-electron chi connectivity index (χ3n) is 2.23. The number of aliphatic hydroxyl groups is 1. The third kappa shape index (κ3) is 3.93. The van der Waals surface area contributed by atoms with E-state index in [1.807, 2.05) is 18.4 Å². The number of hydrogen-bond donors (Lipinski definition) is 1. The second-order valence-electron chi connectivity index (χ2n) is 3.60. The van der Waals surface area contributed by atoms with Crippen molar-refractivity contribution >= 4 is 21.2 Å². The molecule has 0 aliphatic carbocycles. The first-order valence-corrected chi connectivity index (χ1v) is 7.80. The molecule has 0 saturated heterocycles.